The van der Waals surface area contributed by atoms with Gasteiger partial charge in [-0.05, 0) is 12.1 Å². The summed E-state index contributed by atoms with van der Waals surface area (Å²) in [6.07, 6.45) is -8.83. The highest BCUT2D eigenvalue weighted by Gasteiger charge is 2.36. The van der Waals surface area contributed by atoms with Crippen LogP contribution in [0.15, 0.2) is 35.6 Å². The maximum Gasteiger partial charge on any atom is 0.434 e. The molecule has 1 heterocycles. The average molecular weight is 391 g/mol. The van der Waals surface area contributed by atoms with Gasteiger partial charge in [-0.1, -0.05) is 23.9 Å². The zero-order valence-electron chi connectivity index (χ0n) is 12.5. The highest BCUT2D eigenvalue weighted by Crippen LogP contribution is 2.32. The van der Waals surface area contributed by atoms with Crippen LogP contribution >= 0.6 is 11.8 Å². The summed E-state index contributed by atoms with van der Waals surface area (Å²) in [7, 11) is 0. The predicted octanol–water partition coefficient (Wildman–Crippen LogP) is 4.36. The molecule has 0 fully saturated rings. The summed E-state index contributed by atoms with van der Waals surface area (Å²) in [5.74, 6) is -1.20. The number of carbonyl (C=O) groups excluding carboxylic acids is 1. The molecule has 0 saturated heterocycles. The number of alkyl halides is 6. The first-order valence-electron chi connectivity index (χ1n) is 6.70. The molecule has 2 aromatic rings. The van der Waals surface area contributed by atoms with Crippen molar-refractivity contribution >= 4 is 17.5 Å². The Morgan fingerprint density at radius 1 is 1.15 bits per heavy atom. The number of ketones is 1. The van der Waals surface area contributed by atoms with E-state index in [1.165, 1.54) is 12.1 Å². The lowest BCUT2D eigenvalue weighted by Gasteiger charge is -2.09. The van der Waals surface area contributed by atoms with Crippen LogP contribution in [0.4, 0.5) is 26.3 Å². The van der Waals surface area contributed by atoms with Gasteiger partial charge in [-0.15, -0.1) is 0 Å². The van der Waals surface area contributed by atoms with Gasteiger partial charge in [0.15, 0.2) is 16.6 Å². The quantitative estimate of drug-likeness (QED) is 0.335. The molecule has 0 bridgehead atoms. The molecule has 1 aromatic carbocycles. The molecule has 4 nitrogen and oxygen atoms in total. The van der Waals surface area contributed by atoms with Crippen molar-refractivity contribution in [3.8, 4) is 6.07 Å². The summed E-state index contributed by atoms with van der Waals surface area (Å²) in [4.78, 5) is 18.7. The Morgan fingerprint density at radius 2 is 1.85 bits per heavy atom. The first kappa shape index (κ1) is 19.7. The number of aromatic nitrogens is 2. The third kappa shape index (κ3) is 4.72. The highest BCUT2D eigenvalue weighted by molar-refractivity contribution is 7.99. The van der Waals surface area contributed by atoms with Crippen molar-refractivity contribution in [2.45, 2.75) is 17.5 Å². The van der Waals surface area contributed by atoms with Crippen molar-refractivity contribution in [3.05, 3.63) is 52.8 Å². The Labute approximate surface area is 146 Å². The second-order valence-corrected chi connectivity index (χ2v) is 5.76. The molecule has 0 aliphatic heterocycles. The molecule has 0 radical (unpaired) electrons. The van der Waals surface area contributed by atoms with Crippen LogP contribution in [-0.2, 0) is 12.4 Å². The maximum absolute atomic E-state index is 12.8. The minimum absolute atomic E-state index is 0.239. The van der Waals surface area contributed by atoms with Gasteiger partial charge >= 0.3 is 12.4 Å². The number of carbonyl (C=O) groups is 1. The Kier molecular flexibility index (Phi) is 5.56. The largest absolute Gasteiger partial charge is 0.434 e. The molecule has 26 heavy (non-hydrogen) atoms. The van der Waals surface area contributed by atoms with E-state index in [4.69, 9.17) is 5.26 Å². The van der Waals surface area contributed by atoms with Crippen LogP contribution in [0.3, 0.4) is 0 Å². The van der Waals surface area contributed by atoms with Crippen molar-refractivity contribution in [2.24, 2.45) is 0 Å². The van der Waals surface area contributed by atoms with Crippen LogP contribution < -0.4 is 0 Å². The zero-order chi connectivity index (χ0) is 19.5. The minimum Gasteiger partial charge on any atom is -0.293 e. The van der Waals surface area contributed by atoms with E-state index in [9.17, 15) is 31.1 Å². The van der Waals surface area contributed by atoms with Crippen LogP contribution in [-0.4, -0.2) is 21.5 Å². The van der Waals surface area contributed by atoms with Crippen molar-refractivity contribution in [2.75, 3.05) is 5.75 Å². The molecular weight excluding hydrogens is 384 g/mol. The molecule has 0 unspecified atom stereocenters. The smallest absolute Gasteiger partial charge is 0.293 e. The third-order valence-electron chi connectivity index (χ3n) is 3.00. The van der Waals surface area contributed by atoms with Crippen molar-refractivity contribution in [3.63, 3.8) is 0 Å². The van der Waals surface area contributed by atoms with Gasteiger partial charge in [0.25, 0.3) is 0 Å². The standard InChI is InChI=1S/C15H7F6N3OS/c16-14(17,18)10-3-1-2-8(4-10)11(25)7-26-13-23-6-9(5-22)12(24-13)15(19,20)21/h1-4,6H,7H2. The zero-order valence-corrected chi connectivity index (χ0v) is 13.3. The van der Waals surface area contributed by atoms with Gasteiger partial charge < -0.3 is 0 Å². The second kappa shape index (κ2) is 7.33. The first-order valence-corrected chi connectivity index (χ1v) is 7.68. The van der Waals surface area contributed by atoms with Crippen LogP contribution in [0.5, 0.6) is 0 Å². The predicted molar refractivity (Wildman–Crippen MR) is 78.2 cm³/mol. The summed E-state index contributed by atoms with van der Waals surface area (Å²) in [5.41, 5.74) is -3.46. The molecule has 136 valence electrons. The molecular formula is C15H7F6N3OS. The van der Waals surface area contributed by atoms with E-state index in [0.29, 0.717) is 24.0 Å². The maximum atomic E-state index is 12.8. The SMILES string of the molecule is N#Cc1cnc(SCC(=O)c2cccc(C(F)(F)F)c2)nc1C(F)(F)F. The third-order valence-corrected chi connectivity index (χ3v) is 3.86. The molecule has 1 aromatic heterocycles. The molecule has 0 N–H and O–H groups in total. The van der Waals surface area contributed by atoms with Gasteiger partial charge in [0.1, 0.15) is 11.6 Å². The van der Waals surface area contributed by atoms with Gasteiger partial charge in [-0.2, -0.15) is 31.6 Å². The van der Waals surface area contributed by atoms with Gasteiger partial charge in [0, 0.05) is 11.8 Å². The van der Waals surface area contributed by atoms with Gasteiger partial charge in [0.2, 0.25) is 0 Å². The number of nitrogens with zero attached hydrogens (tertiary/aromatic N) is 3. The van der Waals surface area contributed by atoms with E-state index in [2.05, 4.69) is 9.97 Å². The summed E-state index contributed by atoms with van der Waals surface area (Å²) >= 11 is 0.524. The monoisotopic (exact) mass is 391 g/mol. The molecule has 11 heteroatoms. The molecule has 0 amide bonds. The minimum atomic E-state index is -4.88. The summed E-state index contributed by atoms with van der Waals surface area (Å²) < 4.78 is 76.4. The summed E-state index contributed by atoms with van der Waals surface area (Å²) in [6, 6.07) is 4.99. The number of hydrogen-bond donors (Lipinski definition) is 0. The van der Waals surface area contributed by atoms with Crippen LogP contribution in [0, 0.1) is 11.3 Å². The van der Waals surface area contributed by atoms with Crippen LogP contribution in [0.1, 0.15) is 27.2 Å². The normalized spacial score (nSPS) is 11.9. The summed E-state index contributed by atoms with van der Waals surface area (Å²) in [5, 5.41) is 8.23. The molecule has 0 saturated carbocycles. The van der Waals surface area contributed by atoms with E-state index >= 15 is 0 Å². The topological polar surface area (TPSA) is 66.6 Å². The van der Waals surface area contributed by atoms with E-state index in [1.54, 1.807) is 0 Å². The van der Waals surface area contributed by atoms with Crippen LogP contribution in [0.25, 0.3) is 0 Å². The Balaban J connectivity index is 2.17. The van der Waals surface area contributed by atoms with Crippen molar-refractivity contribution in [1.82, 2.24) is 9.97 Å². The molecule has 0 aliphatic rings. The fraction of sp³-hybridized carbons (Fsp3) is 0.200. The van der Waals surface area contributed by atoms with Crippen molar-refractivity contribution in [1.29, 1.82) is 5.26 Å². The number of Topliss-reactive ketones (excluding diaryl/α,β-unsaturated/α-hetero) is 1. The number of benzene rings is 1. The second-order valence-electron chi connectivity index (χ2n) is 4.81. The van der Waals surface area contributed by atoms with Gasteiger partial charge in [-0.25, -0.2) is 9.97 Å². The number of rotatable bonds is 4. The molecule has 0 spiro atoms. The lowest BCUT2D eigenvalue weighted by atomic mass is 10.1. The Morgan fingerprint density at radius 3 is 2.42 bits per heavy atom. The number of thioether (sulfide) groups is 1. The average Bonchev–Trinajstić information content (AvgIpc) is 2.58. The Hall–Kier alpha value is -2.61. The first-order chi connectivity index (χ1) is 12.0. The summed E-state index contributed by atoms with van der Waals surface area (Å²) in [6.45, 7) is 0. The van der Waals surface area contributed by atoms with E-state index in [1.807, 2.05) is 0 Å². The van der Waals surface area contributed by atoms with E-state index in [-0.39, 0.29) is 5.56 Å². The van der Waals surface area contributed by atoms with Crippen LogP contribution in [0.2, 0.25) is 0 Å². The van der Waals surface area contributed by atoms with E-state index < -0.39 is 45.9 Å². The van der Waals surface area contributed by atoms with Crippen molar-refractivity contribution < 1.29 is 31.1 Å². The molecule has 0 atom stereocenters. The molecule has 2 rings (SSSR count). The highest BCUT2D eigenvalue weighted by atomic mass is 32.2. The van der Waals surface area contributed by atoms with Gasteiger partial charge in [-0.3, -0.25) is 4.79 Å². The Bertz CT molecular complexity index is 873. The lowest BCUT2D eigenvalue weighted by Crippen LogP contribution is -2.13. The number of nitriles is 1. The number of hydrogen-bond acceptors (Lipinski definition) is 5. The fourth-order valence-electron chi connectivity index (χ4n) is 1.82. The van der Waals surface area contributed by atoms with E-state index in [0.717, 1.165) is 12.1 Å². The lowest BCUT2D eigenvalue weighted by molar-refractivity contribution is -0.142. The number of halogens is 6. The van der Waals surface area contributed by atoms with Gasteiger partial charge in [0.05, 0.1) is 11.3 Å². The molecule has 0 aliphatic carbocycles. The fourth-order valence-corrected chi connectivity index (χ4v) is 2.53.